The van der Waals surface area contributed by atoms with Crippen LogP contribution < -0.4 is 10.6 Å². The van der Waals surface area contributed by atoms with Gasteiger partial charge in [-0.05, 0) is 38.5 Å². The third-order valence-corrected chi connectivity index (χ3v) is 7.48. The van der Waals surface area contributed by atoms with Crippen LogP contribution in [0.5, 0.6) is 0 Å². The molecule has 0 aromatic rings. The molecular weight excluding hydrogens is 420 g/mol. The molecule has 1 fully saturated rings. The molecule has 0 radical (unpaired) electrons. The van der Waals surface area contributed by atoms with Gasteiger partial charge in [-0.2, -0.15) is 0 Å². The van der Waals surface area contributed by atoms with E-state index in [1.807, 2.05) is 0 Å². The van der Waals surface area contributed by atoms with Gasteiger partial charge in [0.2, 0.25) is 11.8 Å². The van der Waals surface area contributed by atoms with Crippen molar-refractivity contribution in [2.45, 2.75) is 180 Å². The summed E-state index contributed by atoms with van der Waals surface area (Å²) in [6, 6.07) is 0. The van der Waals surface area contributed by atoms with Crippen molar-refractivity contribution in [2.24, 2.45) is 0 Å². The number of hydrogen-bond acceptors (Lipinski definition) is 2. The second-order valence-electron chi connectivity index (χ2n) is 10.9. The number of carbonyl (C=O) groups excluding carboxylic acids is 2. The summed E-state index contributed by atoms with van der Waals surface area (Å²) in [5.41, 5.74) is -0.495. The van der Waals surface area contributed by atoms with Crippen LogP contribution in [-0.2, 0) is 9.59 Å². The van der Waals surface area contributed by atoms with Crippen LogP contribution in [0.4, 0.5) is 0 Å². The Morgan fingerprint density at radius 1 is 0.500 bits per heavy atom. The average molecular weight is 479 g/mol. The van der Waals surface area contributed by atoms with E-state index in [4.69, 9.17) is 0 Å². The monoisotopic (exact) mass is 478 g/mol. The average Bonchev–Trinajstić information content (AvgIpc) is 2.82. The Balaban J connectivity index is 2.19. The molecule has 2 amide bonds. The van der Waals surface area contributed by atoms with Crippen LogP contribution in [0.2, 0.25) is 0 Å². The highest BCUT2D eigenvalue weighted by Crippen LogP contribution is 2.26. The molecule has 0 aromatic carbocycles. The summed E-state index contributed by atoms with van der Waals surface area (Å²) in [6.07, 6.45) is 29.0. The Morgan fingerprint density at radius 2 is 0.824 bits per heavy atom. The van der Waals surface area contributed by atoms with E-state index in [1.165, 1.54) is 96.3 Å². The molecule has 4 nitrogen and oxygen atoms in total. The summed E-state index contributed by atoms with van der Waals surface area (Å²) >= 11 is 0. The highest BCUT2D eigenvalue weighted by molar-refractivity contribution is 5.80. The van der Waals surface area contributed by atoms with Crippen LogP contribution in [0.3, 0.4) is 0 Å². The van der Waals surface area contributed by atoms with Gasteiger partial charge in [0.15, 0.2) is 0 Å². The van der Waals surface area contributed by atoms with E-state index in [0.29, 0.717) is 12.8 Å². The van der Waals surface area contributed by atoms with Crippen LogP contribution in [0.25, 0.3) is 0 Å². The van der Waals surface area contributed by atoms with Crippen molar-refractivity contribution in [3.05, 3.63) is 0 Å². The molecule has 1 rings (SSSR count). The van der Waals surface area contributed by atoms with Crippen LogP contribution in [0.15, 0.2) is 0 Å². The lowest BCUT2D eigenvalue weighted by molar-refractivity contribution is -0.128. The molecule has 1 aliphatic carbocycles. The number of carbonyl (C=O) groups is 2. The fourth-order valence-corrected chi connectivity index (χ4v) is 5.29. The number of rotatable bonds is 22. The second kappa shape index (κ2) is 21.2. The zero-order chi connectivity index (χ0) is 24.7. The Bertz CT molecular complexity index is 462. The third-order valence-electron chi connectivity index (χ3n) is 7.48. The van der Waals surface area contributed by atoms with Crippen LogP contribution >= 0.6 is 0 Å². The first-order chi connectivity index (χ1) is 16.6. The topological polar surface area (TPSA) is 58.2 Å². The zero-order valence-corrected chi connectivity index (χ0v) is 23.0. The quantitative estimate of drug-likeness (QED) is 0.121. The predicted octanol–water partition coefficient (Wildman–Crippen LogP) is 8.72. The summed E-state index contributed by atoms with van der Waals surface area (Å²) in [6.45, 7) is 4.51. The lowest BCUT2D eigenvalue weighted by atomic mass is 9.88. The first-order valence-corrected chi connectivity index (χ1v) is 15.2. The molecule has 0 saturated heterocycles. The van der Waals surface area contributed by atoms with Gasteiger partial charge in [0.1, 0.15) is 5.66 Å². The molecule has 0 spiro atoms. The normalized spacial score (nSPS) is 15.2. The van der Waals surface area contributed by atoms with Crippen molar-refractivity contribution >= 4 is 11.8 Å². The number of hydrogen-bond donors (Lipinski definition) is 2. The molecule has 0 unspecified atom stereocenters. The van der Waals surface area contributed by atoms with E-state index in [2.05, 4.69) is 24.5 Å². The van der Waals surface area contributed by atoms with Gasteiger partial charge >= 0.3 is 0 Å². The van der Waals surface area contributed by atoms with Gasteiger partial charge in [0, 0.05) is 12.8 Å². The fraction of sp³-hybridized carbons (Fsp3) is 0.933. The SMILES string of the molecule is CCCCCCCCCCCC(=O)NC1(NC(=O)CCCCCCCCCCC)CCCCC1. The summed E-state index contributed by atoms with van der Waals surface area (Å²) in [7, 11) is 0. The van der Waals surface area contributed by atoms with Crippen LogP contribution in [0, 0.1) is 0 Å². The van der Waals surface area contributed by atoms with E-state index in [9.17, 15) is 9.59 Å². The molecule has 1 saturated carbocycles. The molecule has 0 aromatic heterocycles. The van der Waals surface area contributed by atoms with Crippen molar-refractivity contribution in [3.63, 3.8) is 0 Å². The number of amides is 2. The van der Waals surface area contributed by atoms with E-state index in [1.54, 1.807) is 0 Å². The molecule has 0 heterocycles. The molecule has 0 atom stereocenters. The first-order valence-electron chi connectivity index (χ1n) is 15.2. The number of nitrogens with one attached hydrogen (secondary N) is 2. The molecular formula is C30H58N2O2. The molecule has 1 aliphatic rings. The van der Waals surface area contributed by atoms with Crippen LogP contribution in [-0.4, -0.2) is 17.5 Å². The molecule has 34 heavy (non-hydrogen) atoms. The summed E-state index contributed by atoms with van der Waals surface area (Å²) in [5.74, 6) is 0.237. The maximum atomic E-state index is 12.7. The third kappa shape index (κ3) is 16.5. The van der Waals surface area contributed by atoms with Gasteiger partial charge in [0.25, 0.3) is 0 Å². The van der Waals surface area contributed by atoms with Crippen molar-refractivity contribution in [1.29, 1.82) is 0 Å². The van der Waals surface area contributed by atoms with E-state index in [0.717, 1.165) is 51.4 Å². The van der Waals surface area contributed by atoms with Crippen molar-refractivity contribution in [3.8, 4) is 0 Å². The van der Waals surface area contributed by atoms with Crippen molar-refractivity contribution in [1.82, 2.24) is 10.6 Å². The van der Waals surface area contributed by atoms with Gasteiger partial charge in [-0.25, -0.2) is 0 Å². The van der Waals surface area contributed by atoms with Gasteiger partial charge in [-0.15, -0.1) is 0 Å². The Hall–Kier alpha value is -1.06. The summed E-state index contributed by atoms with van der Waals surface area (Å²) in [5, 5.41) is 6.51. The Labute approximate surface area is 212 Å². The molecule has 0 bridgehead atoms. The highest BCUT2D eigenvalue weighted by Gasteiger charge is 2.34. The van der Waals surface area contributed by atoms with E-state index in [-0.39, 0.29) is 11.8 Å². The predicted molar refractivity (Wildman–Crippen MR) is 146 cm³/mol. The number of unbranched alkanes of at least 4 members (excludes halogenated alkanes) is 16. The van der Waals surface area contributed by atoms with Crippen molar-refractivity contribution in [2.75, 3.05) is 0 Å². The minimum absolute atomic E-state index is 0.119. The van der Waals surface area contributed by atoms with E-state index >= 15 is 0 Å². The Morgan fingerprint density at radius 3 is 1.18 bits per heavy atom. The fourth-order valence-electron chi connectivity index (χ4n) is 5.29. The highest BCUT2D eigenvalue weighted by atomic mass is 16.2. The standard InChI is InChI=1S/C30H58N2O2/c1-3-5-7-9-11-13-15-17-20-24-28(33)31-30(26-22-19-23-27-30)32-29(34)25-21-18-16-14-12-10-8-6-4-2/h3-27H2,1-2H3,(H,31,33)(H,32,34). The summed E-state index contributed by atoms with van der Waals surface area (Å²) < 4.78 is 0. The Kier molecular flexibility index (Phi) is 19.3. The van der Waals surface area contributed by atoms with Gasteiger partial charge in [0.05, 0.1) is 0 Å². The van der Waals surface area contributed by atoms with Crippen molar-refractivity contribution < 1.29 is 9.59 Å². The maximum absolute atomic E-state index is 12.7. The van der Waals surface area contributed by atoms with Gasteiger partial charge in [-0.1, -0.05) is 123 Å². The smallest absolute Gasteiger partial charge is 0.221 e. The first kappa shape index (κ1) is 31.0. The second-order valence-corrected chi connectivity index (χ2v) is 10.9. The van der Waals surface area contributed by atoms with Gasteiger partial charge in [-0.3, -0.25) is 9.59 Å². The largest absolute Gasteiger partial charge is 0.333 e. The van der Waals surface area contributed by atoms with Crippen LogP contribution in [0.1, 0.15) is 174 Å². The zero-order valence-electron chi connectivity index (χ0n) is 23.0. The minimum atomic E-state index is -0.495. The van der Waals surface area contributed by atoms with E-state index < -0.39 is 5.66 Å². The maximum Gasteiger partial charge on any atom is 0.221 e. The molecule has 200 valence electrons. The minimum Gasteiger partial charge on any atom is -0.333 e. The molecule has 0 aliphatic heterocycles. The van der Waals surface area contributed by atoms with Gasteiger partial charge < -0.3 is 10.6 Å². The lowest BCUT2D eigenvalue weighted by Gasteiger charge is -2.39. The lowest BCUT2D eigenvalue weighted by Crippen LogP contribution is -2.61. The molecule has 4 heteroatoms. The summed E-state index contributed by atoms with van der Waals surface area (Å²) in [4.78, 5) is 25.3. The molecule has 2 N–H and O–H groups in total.